The Balaban J connectivity index is 2.30. The number of hydrogen-bond donors (Lipinski definition) is 3. The molecule has 0 spiro atoms. The summed E-state index contributed by atoms with van der Waals surface area (Å²) in [4.78, 5) is 0. The van der Waals surface area contributed by atoms with E-state index in [4.69, 9.17) is 5.73 Å². The first-order valence-electron chi connectivity index (χ1n) is 6.83. The minimum atomic E-state index is -0.00532. The second-order valence-corrected chi connectivity index (χ2v) is 5.94. The molecule has 1 aromatic carbocycles. The fourth-order valence-corrected chi connectivity index (χ4v) is 2.88. The summed E-state index contributed by atoms with van der Waals surface area (Å²) in [6.07, 6.45) is 1.13. The zero-order valence-electron chi connectivity index (χ0n) is 11.8. The number of nitrogens with two attached hydrogens (primary N) is 1. The van der Waals surface area contributed by atoms with Gasteiger partial charge in [-0.15, -0.1) is 0 Å². The largest absolute Gasteiger partial charge is 0.314 e. The molecule has 0 aromatic heterocycles. The minimum Gasteiger partial charge on any atom is -0.314 e. The van der Waals surface area contributed by atoms with Crippen molar-refractivity contribution in [3.05, 3.63) is 34.9 Å². The van der Waals surface area contributed by atoms with Crippen LogP contribution in [0.25, 0.3) is 0 Å². The maximum atomic E-state index is 6.22. The molecule has 100 valence electrons. The van der Waals surface area contributed by atoms with Crippen molar-refractivity contribution in [2.45, 2.75) is 52.2 Å². The molecule has 0 amide bonds. The number of hydrazine groups is 1. The molecule has 0 saturated carbocycles. The normalized spacial score (nSPS) is 28.0. The molecular formula is C15H25N3. The number of nitrogens with one attached hydrogen (secondary N) is 2. The summed E-state index contributed by atoms with van der Waals surface area (Å²) in [7, 11) is 0. The Morgan fingerprint density at radius 2 is 1.94 bits per heavy atom. The summed E-state index contributed by atoms with van der Waals surface area (Å²) in [6, 6.07) is 7.06. The van der Waals surface area contributed by atoms with Gasteiger partial charge in [-0.1, -0.05) is 37.6 Å². The third-order valence-corrected chi connectivity index (χ3v) is 3.77. The molecular weight excluding hydrogens is 222 g/mol. The van der Waals surface area contributed by atoms with Gasteiger partial charge in [0, 0.05) is 12.0 Å². The van der Waals surface area contributed by atoms with E-state index in [-0.39, 0.29) is 6.17 Å². The Morgan fingerprint density at radius 3 is 2.61 bits per heavy atom. The summed E-state index contributed by atoms with van der Waals surface area (Å²) in [5.74, 6) is 1.02. The number of rotatable bonds is 3. The van der Waals surface area contributed by atoms with Crippen LogP contribution >= 0.6 is 0 Å². The monoisotopic (exact) mass is 247 g/mol. The summed E-state index contributed by atoms with van der Waals surface area (Å²) < 4.78 is 0. The van der Waals surface area contributed by atoms with Gasteiger partial charge in [-0.05, 0) is 37.3 Å². The highest BCUT2D eigenvalue weighted by Crippen LogP contribution is 2.31. The van der Waals surface area contributed by atoms with Crippen LogP contribution in [0.5, 0.6) is 0 Å². The molecule has 1 saturated heterocycles. The maximum Gasteiger partial charge on any atom is 0.0764 e. The van der Waals surface area contributed by atoms with Crippen LogP contribution in [0.15, 0.2) is 18.2 Å². The van der Waals surface area contributed by atoms with Crippen LogP contribution in [0.4, 0.5) is 0 Å². The van der Waals surface area contributed by atoms with Crippen LogP contribution in [0, 0.1) is 19.8 Å². The van der Waals surface area contributed by atoms with E-state index in [1.54, 1.807) is 0 Å². The van der Waals surface area contributed by atoms with Crippen molar-refractivity contribution in [3.8, 4) is 0 Å². The van der Waals surface area contributed by atoms with E-state index in [1.807, 2.05) is 0 Å². The quantitative estimate of drug-likeness (QED) is 0.767. The van der Waals surface area contributed by atoms with Gasteiger partial charge in [0.15, 0.2) is 0 Å². The smallest absolute Gasteiger partial charge is 0.0764 e. The van der Waals surface area contributed by atoms with Gasteiger partial charge < -0.3 is 5.73 Å². The predicted octanol–water partition coefficient (Wildman–Crippen LogP) is 2.19. The Bertz CT molecular complexity index is 414. The Kier molecular flexibility index (Phi) is 4.05. The summed E-state index contributed by atoms with van der Waals surface area (Å²) >= 11 is 0. The highest BCUT2D eigenvalue weighted by atomic mass is 15.5. The van der Waals surface area contributed by atoms with E-state index < -0.39 is 0 Å². The second kappa shape index (κ2) is 5.39. The SMILES string of the molecule is Cc1ccc(C)c(C2C(N)NNC2CC(C)C)c1. The highest BCUT2D eigenvalue weighted by Gasteiger charge is 2.35. The molecule has 1 fully saturated rings. The lowest BCUT2D eigenvalue weighted by Gasteiger charge is -2.24. The van der Waals surface area contributed by atoms with Gasteiger partial charge in [0.25, 0.3) is 0 Å². The maximum absolute atomic E-state index is 6.22. The molecule has 2 rings (SSSR count). The molecule has 1 heterocycles. The molecule has 3 heteroatoms. The standard InChI is InChI=1S/C15H25N3/c1-9(2)7-13-14(15(16)18-17-13)12-8-10(3)5-6-11(12)4/h5-6,8-9,13-15,17-18H,7,16H2,1-4H3. The van der Waals surface area contributed by atoms with Crippen molar-refractivity contribution >= 4 is 0 Å². The van der Waals surface area contributed by atoms with Crippen molar-refractivity contribution in [3.63, 3.8) is 0 Å². The van der Waals surface area contributed by atoms with Crippen LogP contribution in [-0.2, 0) is 0 Å². The molecule has 0 bridgehead atoms. The lowest BCUT2D eigenvalue weighted by molar-refractivity contribution is 0.421. The van der Waals surface area contributed by atoms with Crippen molar-refractivity contribution < 1.29 is 0 Å². The fourth-order valence-electron chi connectivity index (χ4n) is 2.88. The molecule has 3 atom stereocenters. The van der Waals surface area contributed by atoms with Gasteiger partial charge in [0.1, 0.15) is 0 Å². The molecule has 1 aliphatic rings. The predicted molar refractivity (Wildman–Crippen MR) is 76.1 cm³/mol. The molecule has 3 nitrogen and oxygen atoms in total. The fraction of sp³-hybridized carbons (Fsp3) is 0.600. The van der Waals surface area contributed by atoms with Crippen LogP contribution in [0.1, 0.15) is 42.9 Å². The van der Waals surface area contributed by atoms with Crippen LogP contribution in [0.2, 0.25) is 0 Å². The number of benzene rings is 1. The number of aryl methyl sites for hydroxylation is 2. The first-order chi connectivity index (χ1) is 8.49. The molecule has 0 aliphatic carbocycles. The van der Waals surface area contributed by atoms with Crippen LogP contribution in [0.3, 0.4) is 0 Å². The third kappa shape index (κ3) is 2.74. The van der Waals surface area contributed by atoms with Crippen molar-refractivity contribution in [2.24, 2.45) is 11.7 Å². The lowest BCUT2D eigenvalue weighted by atomic mass is 9.84. The first kappa shape index (κ1) is 13.5. The molecule has 0 radical (unpaired) electrons. The molecule has 4 N–H and O–H groups in total. The average Bonchev–Trinajstić information content (AvgIpc) is 2.63. The van der Waals surface area contributed by atoms with E-state index in [0.29, 0.717) is 17.9 Å². The van der Waals surface area contributed by atoms with Gasteiger partial charge in [0.05, 0.1) is 6.17 Å². The zero-order valence-corrected chi connectivity index (χ0v) is 11.8. The zero-order chi connectivity index (χ0) is 13.3. The average molecular weight is 247 g/mol. The van der Waals surface area contributed by atoms with Crippen LogP contribution in [-0.4, -0.2) is 12.2 Å². The third-order valence-electron chi connectivity index (χ3n) is 3.77. The van der Waals surface area contributed by atoms with E-state index >= 15 is 0 Å². The van der Waals surface area contributed by atoms with E-state index in [2.05, 4.69) is 56.7 Å². The Morgan fingerprint density at radius 1 is 1.22 bits per heavy atom. The van der Waals surface area contributed by atoms with Crippen molar-refractivity contribution in [1.29, 1.82) is 0 Å². The van der Waals surface area contributed by atoms with Gasteiger partial charge in [0.2, 0.25) is 0 Å². The van der Waals surface area contributed by atoms with E-state index in [9.17, 15) is 0 Å². The topological polar surface area (TPSA) is 50.1 Å². The van der Waals surface area contributed by atoms with Crippen molar-refractivity contribution in [1.82, 2.24) is 10.9 Å². The molecule has 1 aliphatic heterocycles. The summed E-state index contributed by atoms with van der Waals surface area (Å²) in [5.41, 5.74) is 16.8. The summed E-state index contributed by atoms with van der Waals surface area (Å²) in [5, 5.41) is 0. The Hall–Kier alpha value is -0.900. The number of hydrogen-bond acceptors (Lipinski definition) is 3. The van der Waals surface area contributed by atoms with Gasteiger partial charge in [-0.3, -0.25) is 5.43 Å². The minimum absolute atomic E-state index is 0.00532. The first-order valence-corrected chi connectivity index (χ1v) is 6.83. The molecule has 1 aromatic rings. The van der Waals surface area contributed by atoms with Crippen LogP contribution < -0.4 is 16.6 Å². The second-order valence-electron chi connectivity index (χ2n) is 5.94. The highest BCUT2D eigenvalue weighted by molar-refractivity contribution is 5.36. The van der Waals surface area contributed by atoms with Gasteiger partial charge in [-0.2, -0.15) is 0 Å². The summed E-state index contributed by atoms with van der Waals surface area (Å²) in [6.45, 7) is 8.82. The van der Waals surface area contributed by atoms with E-state index in [1.165, 1.54) is 16.7 Å². The molecule has 3 unspecified atom stereocenters. The Labute approximate surface area is 110 Å². The molecule has 18 heavy (non-hydrogen) atoms. The van der Waals surface area contributed by atoms with Crippen molar-refractivity contribution in [2.75, 3.05) is 0 Å². The van der Waals surface area contributed by atoms with E-state index in [0.717, 1.165) is 6.42 Å². The van der Waals surface area contributed by atoms with Gasteiger partial charge in [-0.25, -0.2) is 5.43 Å². The van der Waals surface area contributed by atoms with Gasteiger partial charge >= 0.3 is 0 Å². The lowest BCUT2D eigenvalue weighted by Crippen LogP contribution is -2.38.